The molecular formula is C22H20N2O4S2. The van der Waals surface area contributed by atoms with Crippen molar-refractivity contribution in [3.05, 3.63) is 63.6 Å². The average molecular weight is 441 g/mol. The third-order valence-electron chi connectivity index (χ3n) is 4.82. The second-order valence-electron chi connectivity index (χ2n) is 7.02. The number of hydrogen-bond donors (Lipinski definition) is 1. The Morgan fingerprint density at radius 3 is 2.80 bits per heavy atom. The first-order valence-electron chi connectivity index (χ1n) is 9.43. The summed E-state index contributed by atoms with van der Waals surface area (Å²) >= 11 is 6.62. The third-order valence-corrected chi connectivity index (χ3v) is 6.19. The van der Waals surface area contributed by atoms with Crippen LogP contribution in [0.1, 0.15) is 27.0 Å². The minimum absolute atomic E-state index is 0.158. The van der Waals surface area contributed by atoms with Gasteiger partial charge in [0.05, 0.1) is 4.91 Å². The van der Waals surface area contributed by atoms with Crippen LogP contribution >= 0.6 is 24.0 Å². The van der Waals surface area contributed by atoms with E-state index in [0.29, 0.717) is 39.4 Å². The van der Waals surface area contributed by atoms with Crippen molar-refractivity contribution in [3.8, 4) is 11.5 Å². The van der Waals surface area contributed by atoms with Gasteiger partial charge in [0, 0.05) is 18.7 Å². The first-order chi connectivity index (χ1) is 14.4. The number of thiocarbonyl (C=S) groups is 1. The summed E-state index contributed by atoms with van der Waals surface area (Å²) in [6, 6.07) is 11.2. The van der Waals surface area contributed by atoms with E-state index < -0.39 is 0 Å². The topological polar surface area (TPSA) is 67.9 Å². The summed E-state index contributed by atoms with van der Waals surface area (Å²) in [6.45, 7) is 4.73. The highest BCUT2D eigenvalue weighted by Gasteiger charge is 2.31. The summed E-state index contributed by atoms with van der Waals surface area (Å²) in [4.78, 5) is 27.3. The Kier molecular flexibility index (Phi) is 5.78. The molecule has 1 fully saturated rings. The number of amides is 2. The van der Waals surface area contributed by atoms with Crippen LogP contribution < -0.4 is 14.8 Å². The molecule has 154 valence electrons. The second-order valence-corrected chi connectivity index (χ2v) is 8.70. The highest BCUT2D eigenvalue weighted by molar-refractivity contribution is 8.26. The highest BCUT2D eigenvalue weighted by Crippen LogP contribution is 2.36. The summed E-state index contributed by atoms with van der Waals surface area (Å²) in [6.07, 6.45) is 1.79. The van der Waals surface area contributed by atoms with Gasteiger partial charge in [-0.2, -0.15) is 0 Å². The monoisotopic (exact) mass is 440 g/mol. The summed E-state index contributed by atoms with van der Waals surface area (Å²) in [7, 11) is 0. The van der Waals surface area contributed by atoms with E-state index in [0.717, 1.165) is 16.7 Å². The van der Waals surface area contributed by atoms with E-state index in [9.17, 15) is 9.59 Å². The fourth-order valence-electron chi connectivity index (χ4n) is 3.29. The van der Waals surface area contributed by atoms with E-state index in [4.69, 9.17) is 21.7 Å². The maximum Gasteiger partial charge on any atom is 0.266 e. The van der Waals surface area contributed by atoms with E-state index in [1.165, 1.54) is 16.7 Å². The van der Waals surface area contributed by atoms with Crippen LogP contribution in [0.25, 0.3) is 6.08 Å². The Morgan fingerprint density at radius 1 is 1.20 bits per heavy atom. The number of fused-ring (bicyclic) bond motifs is 1. The van der Waals surface area contributed by atoms with E-state index in [1.54, 1.807) is 6.08 Å². The molecule has 1 saturated heterocycles. The van der Waals surface area contributed by atoms with Crippen molar-refractivity contribution in [1.82, 2.24) is 10.2 Å². The van der Waals surface area contributed by atoms with Crippen molar-refractivity contribution in [2.45, 2.75) is 13.8 Å². The number of carbonyl (C=O) groups is 2. The molecular weight excluding hydrogens is 420 g/mol. The lowest BCUT2D eigenvalue weighted by Gasteiger charge is -2.15. The largest absolute Gasteiger partial charge is 0.454 e. The lowest BCUT2D eigenvalue weighted by Crippen LogP contribution is -2.37. The number of ether oxygens (including phenoxy) is 2. The van der Waals surface area contributed by atoms with Gasteiger partial charge in [-0.05, 0) is 49.2 Å². The van der Waals surface area contributed by atoms with E-state index >= 15 is 0 Å². The third kappa shape index (κ3) is 4.20. The van der Waals surface area contributed by atoms with Crippen molar-refractivity contribution in [2.75, 3.05) is 19.9 Å². The summed E-state index contributed by atoms with van der Waals surface area (Å²) in [5.41, 5.74) is 3.50. The molecule has 0 unspecified atom stereocenters. The molecule has 0 aromatic heterocycles. The van der Waals surface area contributed by atoms with Crippen LogP contribution in [0.4, 0.5) is 0 Å². The Morgan fingerprint density at radius 2 is 2.00 bits per heavy atom. The number of benzene rings is 2. The van der Waals surface area contributed by atoms with Crippen molar-refractivity contribution in [3.63, 3.8) is 0 Å². The number of aryl methyl sites for hydroxylation is 2. The van der Waals surface area contributed by atoms with Gasteiger partial charge in [-0.15, -0.1) is 0 Å². The summed E-state index contributed by atoms with van der Waals surface area (Å²) < 4.78 is 11.2. The molecule has 2 amide bonds. The minimum atomic E-state index is -0.163. The zero-order valence-electron chi connectivity index (χ0n) is 16.6. The lowest BCUT2D eigenvalue weighted by molar-refractivity contribution is -0.122. The zero-order chi connectivity index (χ0) is 21.3. The van der Waals surface area contributed by atoms with Gasteiger partial charge in [0.15, 0.2) is 11.5 Å². The molecule has 0 aliphatic carbocycles. The van der Waals surface area contributed by atoms with Crippen molar-refractivity contribution < 1.29 is 19.1 Å². The van der Waals surface area contributed by atoms with Crippen LogP contribution in [-0.4, -0.2) is 40.9 Å². The van der Waals surface area contributed by atoms with Gasteiger partial charge < -0.3 is 14.8 Å². The van der Waals surface area contributed by atoms with Gasteiger partial charge in [0.25, 0.3) is 11.8 Å². The van der Waals surface area contributed by atoms with Crippen LogP contribution in [0.15, 0.2) is 41.3 Å². The molecule has 30 heavy (non-hydrogen) atoms. The molecule has 2 aliphatic rings. The van der Waals surface area contributed by atoms with Gasteiger partial charge in [0.1, 0.15) is 4.32 Å². The molecule has 1 N–H and O–H groups in total. The molecule has 4 rings (SSSR count). The van der Waals surface area contributed by atoms with Crippen LogP contribution in [0.5, 0.6) is 11.5 Å². The first-order valence-corrected chi connectivity index (χ1v) is 10.7. The molecule has 0 bridgehead atoms. The number of nitrogens with zero attached hydrogens (tertiary/aromatic N) is 1. The molecule has 8 heteroatoms. The number of hydrogen-bond acceptors (Lipinski definition) is 6. The quantitative estimate of drug-likeness (QED) is 0.565. The maximum atomic E-state index is 12.8. The Labute approximate surface area is 184 Å². The molecule has 0 atom stereocenters. The van der Waals surface area contributed by atoms with Gasteiger partial charge in [-0.1, -0.05) is 47.7 Å². The van der Waals surface area contributed by atoms with Gasteiger partial charge in [0.2, 0.25) is 6.79 Å². The normalized spacial score (nSPS) is 16.5. The predicted octanol–water partition coefficient (Wildman–Crippen LogP) is 3.66. The maximum absolute atomic E-state index is 12.8. The van der Waals surface area contributed by atoms with Gasteiger partial charge in [-0.25, -0.2) is 0 Å². The first kappa shape index (κ1) is 20.4. The Hall–Kier alpha value is -2.84. The number of rotatable bonds is 5. The van der Waals surface area contributed by atoms with Crippen LogP contribution in [0.3, 0.4) is 0 Å². The number of nitrogens with one attached hydrogen (secondary N) is 1. The molecule has 2 aromatic rings. The van der Waals surface area contributed by atoms with Crippen LogP contribution in [-0.2, 0) is 4.79 Å². The Balaban J connectivity index is 1.38. The summed E-state index contributed by atoms with van der Waals surface area (Å²) in [5.74, 6) is 1.03. The van der Waals surface area contributed by atoms with Crippen molar-refractivity contribution in [2.24, 2.45) is 0 Å². The van der Waals surface area contributed by atoms with E-state index in [-0.39, 0.29) is 18.6 Å². The second kappa shape index (κ2) is 8.49. The van der Waals surface area contributed by atoms with Crippen molar-refractivity contribution >= 4 is 46.2 Å². The fourth-order valence-corrected chi connectivity index (χ4v) is 4.60. The zero-order valence-corrected chi connectivity index (χ0v) is 18.2. The molecule has 2 heterocycles. The molecule has 2 aromatic carbocycles. The Bertz CT molecular complexity index is 1080. The molecule has 0 spiro atoms. The number of thioether (sulfide) groups is 1. The highest BCUT2D eigenvalue weighted by atomic mass is 32.2. The lowest BCUT2D eigenvalue weighted by atomic mass is 10.1. The van der Waals surface area contributed by atoms with Gasteiger partial charge in [-0.3, -0.25) is 14.5 Å². The molecule has 0 radical (unpaired) electrons. The van der Waals surface area contributed by atoms with E-state index in [2.05, 4.69) is 5.32 Å². The molecule has 0 saturated carbocycles. The smallest absolute Gasteiger partial charge is 0.266 e. The SMILES string of the molecule is Cc1ccc(C(=O)NCCN2C(=O)/C(=C/c3ccc4c(c3)OCO4)SC2=S)c(C)c1. The minimum Gasteiger partial charge on any atom is -0.454 e. The predicted molar refractivity (Wildman–Crippen MR) is 121 cm³/mol. The standard InChI is InChI=1S/C22H20N2O4S2/c1-13-3-5-16(14(2)9-13)20(25)23-7-8-24-21(26)19(30-22(24)29)11-15-4-6-17-18(10-15)28-12-27-17/h3-6,9-11H,7-8,12H2,1-2H3,(H,23,25)/b19-11-. The molecule has 6 nitrogen and oxygen atoms in total. The van der Waals surface area contributed by atoms with Crippen LogP contribution in [0, 0.1) is 13.8 Å². The van der Waals surface area contributed by atoms with Gasteiger partial charge >= 0.3 is 0 Å². The molecule has 2 aliphatic heterocycles. The average Bonchev–Trinajstić information content (AvgIpc) is 3.27. The van der Waals surface area contributed by atoms with E-state index in [1.807, 2.05) is 50.2 Å². The van der Waals surface area contributed by atoms with Crippen molar-refractivity contribution in [1.29, 1.82) is 0 Å². The van der Waals surface area contributed by atoms with Crippen LogP contribution in [0.2, 0.25) is 0 Å². The summed E-state index contributed by atoms with van der Waals surface area (Å²) in [5, 5.41) is 2.87. The number of carbonyl (C=O) groups excluding carboxylic acids is 2. The fraction of sp³-hybridized carbons (Fsp3) is 0.227.